The smallest absolute Gasteiger partial charge is 0.416 e. The minimum absolute atomic E-state index is 0.00215. The predicted molar refractivity (Wildman–Crippen MR) is 157 cm³/mol. The van der Waals surface area contributed by atoms with Crippen molar-refractivity contribution in [1.82, 2.24) is 4.90 Å². The Morgan fingerprint density at radius 1 is 0.936 bits per heavy atom. The lowest BCUT2D eigenvalue weighted by Crippen LogP contribution is -2.60. The fraction of sp³-hybridized carbons (Fsp3) is 0.400. The highest BCUT2D eigenvalue weighted by molar-refractivity contribution is 9.09. The number of likely N-dealkylation sites (tertiary alicyclic amines) is 1. The minimum Gasteiger partial charge on any atom is -0.508 e. The molecule has 250 valence electrons. The zero-order chi connectivity index (χ0) is 34.6. The predicted octanol–water partition coefficient (Wildman–Crippen LogP) is 6.35. The largest absolute Gasteiger partial charge is 0.508 e. The highest BCUT2D eigenvalue weighted by Crippen LogP contribution is 2.66. The number of phenols is 1. The van der Waals surface area contributed by atoms with Gasteiger partial charge in [-0.05, 0) is 55.2 Å². The average molecular weight is 770 g/mol. The summed E-state index contributed by atoms with van der Waals surface area (Å²) in [4.78, 5) is 51.9. The van der Waals surface area contributed by atoms with Crippen LogP contribution >= 0.6 is 39.1 Å². The Morgan fingerprint density at radius 2 is 1.55 bits per heavy atom. The van der Waals surface area contributed by atoms with E-state index in [0.29, 0.717) is 4.90 Å². The molecule has 0 radical (unpaired) electrons. The first-order valence-electron chi connectivity index (χ1n) is 13.9. The Kier molecular flexibility index (Phi) is 7.76. The lowest BCUT2D eigenvalue weighted by atomic mass is 9.56. The van der Waals surface area contributed by atoms with E-state index in [1.54, 1.807) is 0 Å². The molecule has 2 heterocycles. The van der Waals surface area contributed by atoms with Gasteiger partial charge in [-0.25, -0.2) is 4.90 Å². The molecule has 0 spiro atoms. The number of halogens is 9. The number of hydrogen-bond acceptors (Lipinski definition) is 6. The molecular formula is C30H21BrCl2F6N2O6. The number of nitrogens with zero attached hydrogens (tertiary/aromatic N) is 2. The number of alkyl halides is 9. The van der Waals surface area contributed by atoms with Crippen molar-refractivity contribution in [3.8, 4) is 11.5 Å². The molecule has 6 rings (SSSR count). The van der Waals surface area contributed by atoms with Crippen molar-refractivity contribution in [2.45, 2.75) is 40.9 Å². The lowest BCUT2D eigenvalue weighted by Gasteiger charge is -2.50. The van der Waals surface area contributed by atoms with Gasteiger partial charge in [-0.3, -0.25) is 24.1 Å². The van der Waals surface area contributed by atoms with Crippen LogP contribution in [0.1, 0.15) is 35.4 Å². The second-order valence-electron chi connectivity index (χ2n) is 11.7. The Balaban J connectivity index is 1.52. The number of carbonyl (C=O) groups excluding carboxylic acids is 4. The van der Waals surface area contributed by atoms with Gasteiger partial charge in [-0.15, -0.1) is 23.2 Å². The number of anilines is 1. The molecule has 17 heteroatoms. The number of carbonyl (C=O) groups is 4. The third-order valence-electron chi connectivity index (χ3n) is 9.39. The summed E-state index contributed by atoms with van der Waals surface area (Å²) in [5.74, 6) is -9.41. The van der Waals surface area contributed by atoms with Gasteiger partial charge >= 0.3 is 12.4 Å². The van der Waals surface area contributed by atoms with E-state index in [4.69, 9.17) is 27.9 Å². The summed E-state index contributed by atoms with van der Waals surface area (Å²) < 4.78 is 87.3. The summed E-state index contributed by atoms with van der Waals surface area (Å²) >= 11 is 17.3. The molecule has 2 aliphatic heterocycles. The molecule has 3 fully saturated rings. The van der Waals surface area contributed by atoms with Crippen LogP contribution < -0.4 is 9.64 Å². The van der Waals surface area contributed by atoms with Crippen LogP contribution in [0.2, 0.25) is 0 Å². The summed E-state index contributed by atoms with van der Waals surface area (Å²) in [6.07, 6.45) is -9.72. The van der Waals surface area contributed by atoms with E-state index in [1.807, 2.05) is 0 Å². The monoisotopic (exact) mass is 768 g/mol. The van der Waals surface area contributed by atoms with Crippen LogP contribution in [0.4, 0.5) is 32.0 Å². The summed E-state index contributed by atoms with van der Waals surface area (Å²) in [6, 6.07) is 4.47. The van der Waals surface area contributed by atoms with E-state index in [0.717, 1.165) is 4.90 Å². The number of ether oxygens (including phenoxy) is 1. The second kappa shape index (κ2) is 10.9. The van der Waals surface area contributed by atoms with Gasteiger partial charge in [-0.1, -0.05) is 27.6 Å². The Bertz CT molecular complexity index is 1750. The highest BCUT2D eigenvalue weighted by atomic mass is 79.9. The maximum atomic E-state index is 14.1. The first kappa shape index (κ1) is 33.6. The minimum atomic E-state index is -5.25. The molecule has 2 aliphatic carbocycles. The third kappa shape index (κ3) is 4.70. The molecule has 0 unspecified atom stereocenters. The van der Waals surface area contributed by atoms with Crippen molar-refractivity contribution in [2.24, 2.45) is 17.8 Å². The molecule has 0 bridgehead atoms. The van der Waals surface area contributed by atoms with E-state index >= 15 is 0 Å². The van der Waals surface area contributed by atoms with Crippen LogP contribution in [0, 0.1) is 17.8 Å². The van der Waals surface area contributed by atoms with Gasteiger partial charge in [0.2, 0.25) is 11.8 Å². The number of allylic oxidation sites excluding steroid dienone is 2. The van der Waals surface area contributed by atoms with Gasteiger partial charge in [0.05, 0.1) is 41.2 Å². The SMILES string of the molecule is COc1ccc(O)c([C@H]2C3=CC[C@@H]4C(=O)N(c5cc(C(F)(F)F)cc(C(F)(F)F)c5)C(=O)[C@@H]4[C@@H]3C[C@@]3(Cl)C(=O)N(CBr)C(=O)[C@@]23Cl)c1. The quantitative estimate of drug-likeness (QED) is 0.128. The van der Waals surface area contributed by atoms with Crippen molar-refractivity contribution >= 4 is 68.4 Å². The summed E-state index contributed by atoms with van der Waals surface area (Å²) in [7, 11) is 1.33. The number of amides is 4. The number of methoxy groups -OCH3 is 1. The molecule has 1 N–H and O–H groups in total. The first-order chi connectivity index (χ1) is 21.8. The molecule has 2 saturated heterocycles. The Labute approximate surface area is 280 Å². The Morgan fingerprint density at radius 3 is 2.11 bits per heavy atom. The van der Waals surface area contributed by atoms with Gasteiger partial charge in [0.15, 0.2) is 9.75 Å². The van der Waals surface area contributed by atoms with Gasteiger partial charge in [-0.2, -0.15) is 26.3 Å². The van der Waals surface area contributed by atoms with Crippen LogP contribution in [0.5, 0.6) is 11.5 Å². The molecule has 47 heavy (non-hydrogen) atoms. The molecule has 2 aromatic carbocycles. The molecule has 1 saturated carbocycles. The van der Waals surface area contributed by atoms with E-state index in [9.17, 15) is 50.6 Å². The summed E-state index contributed by atoms with van der Waals surface area (Å²) in [6.45, 7) is 0. The fourth-order valence-corrected chi connectivity index (χ4v) is 8.73. The number of fused-ring (bicyclic) bond motifs is 4. The van der Waals surface area contributed by atoms with Crippen LogP contribution in [0.15, 0.2) is 48.0 Å². The topological polar surface area (TPSA) is 104 Å². The number of imide groups is 2. The highest BCUT2D eigenvalue weighted by Gasteiger charge is 2.76. The molecule has 8 nitrogen and oxygen atoms in total. The van der Waals surface area contributed by atoms with Gasteiger partial charge in [0.25, 0.3) is 11.8 Å². The van der Waals surface area contributed by atoms with E-state index in [-0.39, 0.29) is 52.7 Å². The molecular weight excluding hydrogens is 749 g/mol. The van der Waals surface area contributed by atoms with Gasteiger partial charge in [0.1, 0.15) is 11.5 Å². The average Bonchev–Trinajstić information content (AvgIpc) is 3.34. The number of rotatable bonds is 4. The standard InChI is InChI=1S/C30H21BrCl2F6N2O6/c1-47-15-2-5-20(42)18(9-15)22-16-3-4-17-21(19(16)10-27(32)25(45)40(11-31)26(46)28(22,27)33)24(44)41(23(17)43)14-7-12(29(34,35)36)6-13(8-14)30(37,38)39/h2-3,5-9,17,19,21-22,42H,4,10-11H2,1H3/t17-,19+,21-,22+,27+,28-/m0/s1. The Hall–Kier alpha value is -3.30. The van der Waals surface area contributed by atoms with Gasteiger partial charge < -0.3 is 9.84 Å². The zero-order valence-corrected chi connectivity index (χ0v) is 26.9. The lowest BCUT2D eigenvalue weighted by molar-refractivity contribution is -0.143. The third-order valence-corrected chi connectivity index (χ3v) is 11.3. The van der Waals surface area contributed by atoms with Crippen molar-refractivity contribution in [1.29, 1.82) is 0 Å². The van der Waals surface area contributed by atoms with Crippen LogP contribution in [-0.2, 0) is 31.5 Å². The molecule has 0 aromatic heterocycles. The normalized spacial score (nSPS) is 30.7. The number of phenolic OH excluding ortho intramolecular Hbond substituents is 1. The molecule has 2 aromatic rings. The molecule has 4 amide bonds. The molecule has 4 aliphatic rings. The van der Waals surface area contributed by atoms with Crippen LogP contribution in [0.3, 0.4) is 0 Å². The van der Waals surface area contributed by atoms with Crippen molar-refractivity contribution in [3.63, 3.8) is 0 Å². The van der Waals surface area contributed by atoms with Crippen LogP contribution in [-0.4, -0.2) is 55.9 Å². The van der Waals surface area contributed by atoms with E-state index < -0.39 is 92.6 Å². The number of aromatic hydroxyl groups is 1. The van der Waals surface area contributed by atoms with E-state index in [2.05, 4.69) is 15.9 Å². The van der Waals surface area contributed by atoms with Crippen molar-refractivity contribution < 1.29 is 55.4 Å². The molecule has 6 atom stereocenters. The summed E-state index contributed by atoms with van der Waals surface area (Å²) in [5.41, 5.74) is -4.46. The van der Waals surface area contributed by atoms with E-state index in [1.165, 1.54) is 31.4 Å². The first-order valence-corrected chi connectivity index (χ1v) is 15.7. The maximum Gasteiger partial charge on any atom is 0.416 e. The maximum absolute atomic E-state index is 14.1. The number of hydrogen-bond donors (Lipinski definition) is 1. The van der Waals surface area contributed by atoms with Crippen molar-refractivity contribution in [3.05, 3.63) is 64.7 Å². The summed E-state index contributed by atoms with van der Waals surface area (Å²) in [5, 5.41) is 11.0. The van der Waals surface area contributed by atoms with Crippen molar-refractivity contribution in [2.75, 3.05) is 17.5 Å². The van der Waals surface area contributed by atoms with Crippen LogP contribution in [0.25, 0.3) is 0 Å². The second-order valence-corrected chi connectivity index (χ2v) is 13.4. The zero-order valence-electron chi connectivity index (χ0n) is 23.8. The fourth-order valence-electron chi connectivity index (χ4n) is 7.31. The number of benzene rings is 2. The van der Waals surface area contributed by atoms with Gasteiger partial charge in [0, 0.05) is 11.5 Å².